The Labute approximate surface area is 400 Å². The molecule has 3 atom stereocenters. The van der Waals surface area contributed by atoms with Crippen molar-refractivity contribution in [2.75, 3.05) is 36.8 Å². The number of aliphatic hydroxyl groups is 2. The molecule has 15 nitrogen and oxygen atoms in total. The Hall–Kier alpha value is -6.58. The van der Waals surface area contributed by atoms with Gasteiger partial charge in [0.25, 0.3) is 0 Å². The lowest BCUT2D eigenvalue weighted by molar-refractivity contribution is -0.144. The number of pyridine rings is 2. The number of anilines is 2. The number of carbonyl (C=O) groups is 4. The van der Waals surface area contributed by atoms with Crippen LogP contribution in [0.1, 0.15) is 92.4 Å². The number of aromatic nitrogens is 3. The fourth-order valence-corrected chi connectivity index (χ4v) is 9.35. The molecule has 7 rings (SSSR count). The lowest BCUT2D eigenvalue weighted by Crippen LogP contribution is -2.57. The zero-order valence-corrected chi connectivity index (χ0v) is 39.5. The average molecular weight is 944 g/mol. The number of carbonyl (C=O) groups excluding carboxylic acids is 4. The van der Waals surface area contributed by atoms with E-state index in [-0.39, 0.29) is 54.9 Å². The summed E-state index contributed by atoms with van der Waals surface area (Å²) >= 11 is 1.58. The van der Waals surface area contributed by atoms with E-state index in [0.717, 1.165) is 72.0 Å². The summed E-state index contributed by atoms with van der Waals surface area (Å²) in [6.07, 6.45) is 4.71. The van der Waals surface area contributed by atoms with Gasteiger partial charge in [0.2, 0.25) is 23.7 Å². The maximum absolute atomic E-state index is 14.1. The number of aryl methyl sites for hydroxylation is 1. The Morgan fingerprint density at radius 3 is 2.47 bits per heavy atom. The molecule has 356 valence electrons. The summed E-state index contributed by atoms with van der Waals surface area (Å²) in [5.74, 6) is 4.85. The minimum atomic E-state index is -0.888. The number of β-amino-alcohol motifs (C(OH)–C–C–N with tert-alkyl or cyclic N) is 1. The van der Waals surface area contributed by atoms with Crippen LogP contribution in [0.2, 0.25) is 0 Å². The van der Waals surface area contributed by atoms with E-state index >= 15 is 0 Å². The zero-order chi connectivity index (χ0) is 48.4. The van der Waals surface area contributed by atoms with Gasteiger partial charge < -0.3 is 41.3 Å². The van der Waals surface area contributed by atoms with E-state index in [9.17, 15) is 33.8 Å². The highest BCUT2D eigenvalue weighted by Gasteiger charge is 2.44. The Morgan fingerprint density at radius 2 is 1.75 bits per heavy atom. The molecule has 2 aliphatic heterocycles. The standard InChI is InChI=1S/C51H58FN9O6S/c1-32-46(68-31-56-32)36-13-10-34(11-14-36)27-55-48(65)43-25-41(63)29-61(43)49(66)47(51(2,3)4)59-45(64)9-6-20-60-21-17-35(18-22-60)37-8-5-7-33(23-37)12-15-39-24-40(16-19-53-39)57-50(67)58-42-26-44(52)54-28-38(42)30-62/h5,7-8,10-11,13-14,16,19,23-24,26,28,31,35,41,43,47,62-63H,6,9,17-18,20-22,25,27,29-30H2,1-4H3,(H,55,65)(H,59,64)(H2,53,54,57,58,67)/t41-,43+,47-/m1/s1. The molecule has 0 unspecified atom stereocenters. The Kier molecular flexibility index (Phi) is 16.3. The second kappa shape index (κ2) is 22.5. The normalized spacial score (nSPS) is 16.9. The molecule has 0 bridgehead atoms. The summed E-state index contributed by atoms with van der Waals surface area (Å²) in [7, 11) is 0. The molecular formula is C51H58FN9O6S. The summed E-state index contributed by atoms with van der Waals surface area (Å²) in [5, 5.41) is 31.3. The van der Waals surface area contributed by atoms with Gasteiger partial charge in [-0.3, -0.25) is 14.4 Å². The molecule has 2 aliphatic rings. The van der Waals surface area contributed by atoms with Crippen LogP contribution in [0.25, 0.3) is 10.4 Å². The molecule has 5 aromatic rings. The number of hydrogen-bond acceptors (Lipinski definition) is 11. The maximum Gasteiger partial charge on any atom is 0.323 e. The van der Waals surface area contributed by atoms with Crippen LogP contribution in [0.5, 0.6) is 0 Å². The summed E-state index contributed by atoms with van der Waals surface area (Å²) in [4.78, 5) is 70.6. The van der Waals surface area contributed by atoms with Crippen molar-refractivity contribution in [2.45, 2.75) is 97.1 Å². The molecule has 68 heavy (non-hydrogen) atoms. The number of thiazole rings is 1. The molecule has 5 heterocycles. The first-order valence-corrected chi connectivity index (χ1v) is 23.7. The predicted octanol–water partition coefficient (Wildman–Crippen LogP) is 6.35. The third-order valence-electron chi connectivity index (χ3n) is 12.3. The smallest absolute Gasteiger partial charge is 0.323 e. The van der Waals surface area contributed by atoms with Crippen molar-refractivity contribution in [1.29, 1.82) is 0 Å². The molecule has 2 saturated heterocycles. The molecule has 0 saturated carbocycles. The third-order valence-corrected chi connectivity index (χ3v) is 13.2. The fraction of sp³-hybridized carbons (Fsp3) is 0.392. The number of nitrogens with one attached hydrogen (secondary N) is 4. The van der Waals surface area contributed by atoms with Crippen LogP contribution in [-0.4, -0.2) is 103 Å². The summed E-state index contributed by atoms with van der Waals surface area (Å²) in [5.41, 5.74) is 7.37. The van der Waals surface area contributed by atoms with Gasteiger partial charge in [-0.1, -0.05) is 63.1 Å². The summed E-state index contributed by atoms with van der Waals surface area (Å²) in [6, 6.07) is 17.9. The molecule has 0 aliphatic carbocycles. The van der Waals surface area contributed by atoms with Gasteiger partial charge in [-0.05, 0) is 104 Å². The van der Waals surface area contributed by atoms with Gasteiger partial charge in [-0.25, -0.2) is 19.7 Å². The highest BCUT2D eigenvalue weighted by molar-refractivity contribution is 7.13. The molecule has 2 fully saturated rings. The van der Waals surface area contributed by atoms with Crippen molar-refractivity contribution in [1.82, 2.24) is 35.4 Å². The molecule has 0 radical (unpaired) electrons. The van der Waals surface area contributed by atoms with Crippen LogP contribution in [0.15, 0.2) is 84.6 Å². The number of hydrogen-bond donors (Lipinski definition) is 6. The molecule has 3 aromatic heterocycles. The van der Waals surface area contributed by atoms with Crippen molar-refractivity contribution in [3.8, 4) is 22.3 Å². The maximum atomic E-state index is 14.1. The van der Waals surface area contributed by atoms with E-state index in [4.69, 9.17) is 0 Å². The largest absolute Gasteiger partial charge is 0.392 e. The molecule has 6 N–H and O–H groups in total. The molecule has 17 heteroatoms. The quantitative estimate of drug-likeness (QED) is 0.0538. The second-order valence-electron chi connectivity index (χ2n) is 18.4. The van der Waals surface area contributed by atoms with Crippen LogP contribution in [-0.2, 0) is 27.5 Å². The van der Waals surface area contributed by atoms with Crippen LogP contribution < -0.4 is 21.3 Å². The van der Waals surface area contributed by atoms with Crippen molar-refractivity contribution < 1.29 is 33.8 Å². The van der Waals surface area contributed by atoms with Crippen molar-refractivity contribution in [3.05, 3.63) is 124 Å². The van der Waals surface area contributed by atoms with E-state index in [0.29, 0.717) is 23.7 Å². The van der Waals surface area contributed by atoms with Gasteiger partial charge in [0.15, 0.2) is 0 Å². The number of benzene rings is 2. The van der Waals surface area contributed by atoms with Gasteiger partial charge >= 0.3 is 6.03 Å². The van der Waals surface area contributed by atoms with Gasteiger partial charge in [-0.2, -0.15) is 4.39 Å². The Morgan fingerprint density at radius 1 is 0.971 bits per heavy atom. The molecule has 0 spiro atoms. The van der Waals surface area contributed by atoms with E-state index in [1.807, 2.05) is 69.6 Å². The number of aliphatic hydroxyl groups excluding tert-OH is 2. The second-order valence-corrected chi connectivity index (χ2v) is 19.2. The number of nitrogens with zero attached hydrogens (tertiary/aromatic N) is 5. The van der Waals surface area contributed by atoms with Crippen LogP contribution in [0.4, 0.5) is 20.6 Å². The number of likely N-dealkylation sites (tertiary alicyclic amines) is 2. The van der Waals surface area contributed by atoms with Crippen molar-refractivity contribution in [2.24, 2.45) is 5.41 Å². The first kappa shape index (κ1) is 49.3. The summed E-state index contributed by atoms with van der Waals surface area (Å²) < 4.78 is 13.6. The molecule has 5 amide bonds. The fourth-order valence-electron chi connectivity index (χ4n) is 8.54. The van der Waals surface area contributed by atoms with Crippen molar-refractivity contribution >= 4 is 46.5 Å². The highest BCUT2D eigenvalue weighted by atomic mass is 32.1. The Bertz CT molecular complexity index is 2650. The van der Waals surface area contributed by atoms with Gasteiger partial charge in [0, 0.05) is 61.2 Å². The molecular weight excluding hydrogens is 886 g/mol. The number of piperidine rings is 1. The third kappa shape index (κ3) is 13.1. The number of urea groups is 1. The monoisotopic (exact) mass is 943 g/mol. The highest BCUT2D eigenvalue weighted by Crippen LogP contribution is 2.30. The SMILES string of the molecule is Cc1ncsc1-c1ccc(CNC(=O)[C@@H]2C[C@@H](O)CN2C(=O)[C@@H](NC(=O)CCCN2CCC(c3cccc(C#Cc4cc(NC(=O)Nc5cc(F)ncc5CO)ccn4)c3)CC2)C(C)(C)C)cc1. The number of halogens is 1. The van der Waals surface area contributed by atoms with E-state index in [1.54, 1.807) is 23.5 Å². The minimum absolute atomic E-state index is 0.0117. The predicted molar refractivity (Wildman–Crippen MR) is 259 cm³/mol. The van der Waals surface area contributed by atoms with Gasteiger partial charge in [-0.15, -0.1) is 11.3 Å². The lowest BCUT2D eigenvalue weighted by Gasteiger charge is -2.35. The average Bonchev–Trinajstić information content (AvgIpc) is 3.94. The number of rotatable bonds is 14. The van der Waals surface area contributed by atoms with Crippen LogP contribution in [0, 0.1) is 30.1 Å². The Balaban J connectivity index is 0.854. The lowest BCUT2D eigenvalue weighted by atomic mass is 9.85. The molecule has 2 aromatic carbocycles. The van der Waals surface area contributed by atoms with E-state index in [2.05, 4.69) is 65.1 Å². The van der Waals surface area contributed by atoms with Crippen LogP contribution in [0.3, 0.4) is 0 Å². The van der Waals surface area contributed by atoms with Gasteiger partial charge in [0.05, 0.1) is 34.5 Å². The topological polar surface area (TPSA) is 202 Å². The zero-order valence-electron chi connectivity index (χ0n) is 38.7. The van der Waals surface area contributed by atoms with E-state index < -0.39 is 42.2 Å². The van der Waals surface area contributed by atoms with Crippen molar-refractivity contribution in [3.63, 3.8) is 0 Å². The number of amides is 5. The van der Waals surface area contributed by atoms with Gasteiger partial charge in [0.1, 0.15) is 17.8 Å². The van der Waals surface area contributed by atoms with Crippen LogP contribution >= 0.6 is 11.3 Å². The van der Waals surface area contributed by atoms with E-state index in [1.165, 1.54) is 16.7 Å². The first-order chi connectivity index (χ1) is 32.6. The first-order valence-electron chi connectivity index (χ1n) is 22.8. The minimum Gasteiger partial charge on any atom is -0.392 e. The summed E-state index contributed by atoms with van der Waals surface area (Å²) in [6.45, 7) is 9.96.